The number of fused-ring (bicyclic) bond motifs is 5. The van der Waals surface area contributed by atoms with Gasteiger partial charge < -0.3 is 24.1 Å². The molecule has 0 radical (unpaired) electrons. The van der Waals surface area contributed by atoms with Gasteiger partial charge in [-0.3, -0.25) is 0 Å². The molecule has 0 bridgehead atoms. The van der Waals surface area contributed by atoms with Crippen LogP contribution in [0.1, 0.15) is 158 Å². The Morgan fingerprint density at radius 2 is 1.47 bits per heavy atom. The van der Waals surface area contributed by atoms with E-state index in [-0.39, 0.29) is 36.4 Å². The zero-order valence-corrected chi connectivity index (χ0v) is 32.5. The number of hydrogen-bond donors (Lipinski definition) is 1. The topological polar surface area (TPSA) is 57.2 Å². The lowest BCUT2D eigenvalue weighted by Gasteiger charge is -2.55. The van der Waals surface area contributed by atoms with Gasteiger partial charge in [0.05, 0.1) is 18.8 Å². The lowest BCUT2D eigenvalue weighted by molar-refractivity contribution is -0.284. The SMILES string of the molecule is CC12CCC3c4ccc(OC5CCCCO5)cc4C(O)C(CCCCCCCCCSCCCC(F)(F)C(F)(F)F)C3C1CCC2OC1CCCCO1. The number of unbranched alkanes of at least 4 members (excludes halogenated alkanes) is 6. The minimum absolute atomic E-state index is 0.0747. The van der Waals surface area contributed by atoms with Crippen molar-refractivity contribution < 1.29 is 46.0 Å². The normalized spacial score (nSPS) is 33.3. The summed E-state index contributed by atoms with van der Waals surface area (Å²) >= 11 is 1.47. The summed E-state index contributed by atoms with van der Waals surface area (Å²) in [6, 6.07) is 6.43. The third kappa shape index (κ3) is 10.2. The molecule has 5 aliphatic rings. The van der Waals surface area contributed by atoms with Gasteiger partial charge in [-0.05, 0) is 141 Å². The third-order valence-corrected chi connectivity index (χ3v) is 14.5. The number of thioether (sulfide) groups is 1. The number of benzene rings is 1. The lowest BCUT2D eigenvalue weighted by Crippen LogP contribution is -2.49. The van der Waals surface area contributed by atoms with Crippen LogP contribution in [0.4, 0.5) is 22.0 Å². The van der Waals surface area contributed by atoms with Crippen LogP contribution in [0.5, 0.6) is 5.75 Å². The van der Waals surface area contributed by atoms with E-state index in [1.54, 1.807) is 0 Å². The Morgan fingerprint density at radius 3 is 2.17 bits per heavy atom. The van der Waals surface area contributed by atoms with Crippen molar-refractivity contribution >= 4 is 11.8 Å². The fourth-order valence-corrected chi connectivity index (χ4v) is 11.4. The van der Waals surface area contributed by atoms with Crippen molar-refractivity contribution in [3.05, 3.63) is 29.3 Å². The first kappa shape index (κ1) is 41.5. The molecule has 1 N–H and O–H groups in total. The maximum atomic E-state index is 13.1. The number of alkyl halides is 5. The fraction of sp³-hybridized carbons (Fsp3) is 0.857. The first-order valence-electron chi connectivity index (χ1n) is 20.9. The molecule has 4 fully saturated rings. The molecule has 3 aliphatic carbocycles. The van der Waals surface area contributed by atoms with Gasteiger partial charge in [-0.2, -0.15) is 33.7 Å². The predicted octanol–water partition coefficient (Wildman–Crippen LogP) is 11.9. The zero-order chi connectivity index (χ0) is 37.5. The van der Waals surface area contributed by atoms with E-state index in [4.69, 9.17) is 18.9 Å². The zero-order valence-electron chi connectivity index (χ0n) is 31.7. The van der Waals surface area contributed by atoms with Crippen LogP contribution in [0, 0.1) is 23.2 Å². The van der Waals surface area contributed by atoms with E-state index in [2.05, 4.69) is 25.1 Å². The highest BCUT2D eigenvalue weighted by molar-refractivity contribution is 7.99. The fourth-order valence-electron chi connectivity index (χ4n) is 10.4. The van der Waals surface area contributed by atoms with Gasteiger partial charge >= 0.3 is 12.1 Å². The van der Waals surface area contributed by atoms with Crippen LogP contribution in [-0.2, 0) is 14.2 Å². The Labute approximate surface area is 318 Å². The predicted molar refractivity (Wildman–Crippen MR) is 198 cm³/mol. The van der Waals surface area contributed by atoms with Gasteiger partial charge in [0, 0.05) is 19.4 Å². The molecule has 5 nitrogen and oxygen atoms in total. The summed E-state index contributed by atoms with van der Waals surface area (Å²) < 4.78 is 88.0. The number of rotatable bonds is 18. The van der Waals surface area contributed by atoms with E-state index in [0.717, 1.165) is 146 Å². The summed E-state index contributed by atoms with van der Waals surface area (Å²) in [6.07, 6.45) is 11.9. The standard InChI is InChI=1S/C42H63F5O5S/c1-40-23-21-31-30-18-17-29(51-36-15-8-10-24-49-36)28-33(30)39(48)32(38(31)34(40)19-20-35(40)52-37-16-9-11-25-50-37)14-7-5-3-2-4-6-12-26-53-27-13-22-41(43,44)42(45,46)47/h17-18,28,31-32,34-39,48H,2-16,19-27H2,1H3. The monoisotopic (exact) mass is 774 g/mol. The van der Waals surface area contributed by atoms with Gasteiger partial charge in [0.25, 0.3) is 0 Å². The molecule has 11 heteroatoms. The van der Waals surface area contributed by atoms with Crippen molar-refractivity contribution in [3.63, 3.8) is 0 Å². The van der Waals surface area contributed by atoms with Crippen molar-refractivity contribution in [1.29, 1.82) is 0 Å². The molecule has 9 unspecified atom stereocenters. The number of aliphatic hydroxyl groups is 1. The van der Waals surface area contributed by atoms with E-state index in [1.807, 2.05) is 0 Å². The highest BCUT2D eigenvalue weighted by Crippen LogP contribution is 2.65. The first-order valence-corrected chi connectivity index (χ1v) is 22.0. The Hall–Kier alpha value is -1.14. The van der Waals surface area contributed by atoms with Gasteiger partial charge in [-0.15, -0.1) is 0 Å². The second-order valence-electron chi connectivity index (χ2n) is 16.8. The van der Waals surface area contributed by atoms with Crippen LogP contribution in [-0.4, -0.2) is 60.6 Å². The Balaban J connectivity index is 1.01. The maximum absolute atomic E-state index is 13.1. The summed E-state index contributed by atoms with van der Waals surface area (Å²) in [6.45, 7) is 3.97. The van der Waals surface area contributed by atoms with Gasteiger partial charge in [0.1, 0.15) is 5.75 Å². The molecule has 1 aromatic carbocycles. The number of hydrogen-bond acceptors (Lipinski definition) is 6. The van der Waals surface area contributed by atoms with Crippen LogP contribution < -0.4 is 4.74 Å². The molecule has 2 saturated heterocycles. The van der Waals surface area contributed by atoms with Crippen LogP contribution in [0.25, 0.3) is 0 Å². The second kappa shape index (κ2) is 18.9. The molecule has 0 spiro atoms. The smallest absolute Gasteiger partial charge is 0.453 e. The summed E-state index contributed by atoms with van der Waals surface area (Å²) in [7, 11) is 0. The van der Waals surface area contributed by atoms with E-state index >= 15 is 0 Å². The minimum Gasteiger partial charge on any atom is -0.465 e. The molecule has 2 aliphatic heterocycles. The molecule has 0 aromatic heterocycles. The van der Waals surface area contributed by atoms with Crippen molar-refractivity contribution in [1.82, 2.24) is 0 Å². The van der Waals surface area contributed by atoms with Crippen molar-refractivity contribution in [2.75, 3.05) is 24.7 Å². The highest BCUT2D eigenvalue weighted by Gasteiger charge is 2.59. The summed E-state index contributed by atoms with van der Waals surface area (Å²) in [5, 5.41) is 12.2. The van der Waals surface area contributed by atoms with Crippen LogP contribution >= 0.6 is 11.8 Å². The molecule has 9 atom stereocenters. The molecule has 302 valence electrons. The quantitative estimate of drug-likeness (QED) is 0.118. The van der Waals surface area contributed by atoms with Crippen LogP contribution in [0.3, 0.4) is 0 Å². The van der Waals surface area contributed by atoms with Gasteiger partial charge in [-0.1, -0.05) is 51.5 Å². The van der Waals surface area contributed by atoms with Crippen molar-refractivity contribution in [3.8, 4) is 5.75 Å². The number of aliphatic hydroxyl groups excluding tert-OH is 1. The van der Waals surface area contributed by atoms with Crippen molar-refractivity contribution in [2.24, 2.45) is 23.2 Å². The number of halogens is 5. The third-order valence-electron chi connectivity index (χ3n) is 13.3. The molecule has 53 heavy (non-hydrogen) atoms. The molecule has 1 aromatic rings. The van der Waals surface area contributed by atoms with E-state index in [9.17, 15) is 27.1 Å². The molecular formula is C42H63F5O5S. The van der Waals surface area contributed by atoms with Gasteiger partial charge in [0.2, 0.25) is 0 Å². The van der Waals surface area contributed by atoms with Gasteiger partial charge in [-0.25, -0.2) is 0 Å². The van der Waals surface area contributed by atoms with Crippen LogP contribution in [0.15, 0.2) is 18.2 Å². The summed E-state index contributed by atoms with van der Waals surface area (Å²) in [4.78, 5) is 0. The van der Waals surface area contributed by atoms with E-state index < -0.39 is 24.6 Å². The highest BCUT2D eigenvalue weighted by atomic mass is 32.2. The van der Waals surface area contributed by atoms with Crippen molar-refractivity contribution in [2.45, 2.75) is 178 Å². The number of ether oxygens (including phenoxy) is 4. The Bertz CT molecular complexity index is 1270. The maximum Gasteiger partial charge on any atom is 0.453 e. The molecule has 2 heterocycles. The second-order valence-corrected chi connectivity index (χ2v) is 18.1. The minimum atomic E-state index is -5.46. The average Bonchev–Trinajstić information content (AvgIpc) is 3.47. The Morgan fingerprint density at radius 1 is 0.792 bits per heavy atom. The molecule has 2 saturated carbocycles. The summed E-state index contributed by atoms with van der Waals surface area (Å²) in [5.74, 6) is -1.19. The largest absolute Gasteiger partial charge is 0.465 e. The molecule has 0 amide bonds. The van der Waals surface area contributed by atoms with Crippen LogP contribution in [0.2, 0.25) is 0 Å². The van der Waals surface area contributed by atoms with E-state index in [1.165, 1.54) is 17.3 Å². The van der Waals surface area contributed by atoms with Gasteiger partial charge in [0.15, 0.2) is 12.6 Å². The summed E-state index contributed by atoms with van der Waals surface area (Å²) in [5.41, 5.74) is 2.42. The van der Waals surface area contributed by atoms with E-state index in [0.29, 0.717) is 23.5 Å². The first-order chi connectivity index (χ1) is 25.5. The average molecular weight is 775 g/mol. The molecule has 6 rings (SSSR count). The lowest BCUT2D eigenvalue weighted by atomic mass is 9.51. The molecular weight excluding hydrogens is 712 g/mol. The Kier molecular flexibility index (Phi) is 14.8.